The van der Waals surface area contributed by atoms with E-state index in [1.807, 2.05) is 20.8 Å². The monoisotopic (exact) mass is 333 g/mol. The van der Waals surface area contributed by atoms with Crippen LogP contribution in [0.2, 0.25) is 0 Å². The number of nitrogens with one attached hydrogen (secondary N) is 1. The van der Waals surface area contributed by atoms with E-state index in [2.05, 4.69) is 5.32 Å². The lowest BCUT2D eigenvalue weighted by atomic mass is 9.89. The number of ether oxygens (including phenoxy) is 1. The molecular weight excluding hydrogens is 314 g/mol. The van der Waals surface area contributed by atoms with Gasteiger partial charge >= 0.3 is 0 Å². The summed E-state index contributed by atoms with van der Waals surface area (Å²) in [6, 6.07) is 4.28. The molecule has 7 heteroatoms. The zero-order chi connectivity index (χ0) is 16.3. The van der Waals surface area contributed by atoms with Crippen LogP contribution < -0.4 is 10.1 Å². The highest BCUT2D eigenvalue weighted by Gasteiger charge is 2.25. The number of hydrogen-bond donors (Lipinski definition) is 1. The van der Waals surface area contributed by atoms with E-state index in [0.717, 1.165) is 0 Å². The molecule has 0 atom stereocenters. The van der Waals surface area contributed by atoms with Crippen molar-refractivity contribution in [3.05, 3.63) is 23.8 Å². The summed E-state index contributed by atoms with van der Waals surface area (Å²) in [5, 5.41) is 2.79. The fourth-order valence-electron chi connectivity index (χ4n) is 1.62. The van der Waals surface area contributed by atoms with Crippen molar-refractivity contribution in [2.45, 2.75) is 38.6 Å². The molecule has 0 bridgehead atoms. The fourth-order valence-corrected chi connectivity index (χ4v) is 2.42. The minimum atomic E-state index is -3.82. The van der Waals surface area contributed by atoms with Crippen LogP contribution in [0.3, 0.4) is 0 Å². The third-order valence-corrected chi connectivity index (χ3v) is 4.82. The van der Waals surface area contributed by atoms with Gasteiger partial charge in [-0.25, -0.2) is 8.42 Å². The van der Waals surface area contributed by atoms with Crippen molar-refractivity contribution in [1.29, 1.82) is 0 Å². The molecule has 0 saturated carbocycles. The summed E-state index contributed by atoms with van der Waals surface area (Å²) in [6.45, 7) is 5.80. The lowest BCUT2D eigenvalue weighted by Crippen LogP contribution is -2.36. The van der Waals surface area contributed by atoms with Crippen LogP contribution in [0, 0.1) is 5.41 Å². The molecule has 0 aliphatic rings. The molecule has 0 heterocycles. The van der Waals surface area contributed by atoms with E-state index in [1.165, 1.54) is 25.3 Å². The van der Waals surface area contributed by atoms with Crippen molar-refractivity contribution < 1.29 is 17.9 Å². The molecule has 0 spiro atoms. The minimum Gasteiger partial charge on any atom is -0.496 e. The van der Waals surface area contributed by atoms with Gasteiger partial charge in [0.15, 0.2) is 0 Å². The van der Waals surface area contributed by atoms with Gasteiger partial charge in [-0.05, 0) is 24.6 Å². The highest BCUT2D eigenvalue weighted by atomic mass is 35.7. The van der Waals surface area contributed by atoms with Crippen LogP contribution in [0.25, 0.3) is 0 Å². The highest BCUT2D eigenvalue weighted by Crippen LogP contribution is 2.25. The van der Waals surface area contributed by atoms with Crippen molar-refractivity contribution in [1.82, 2.24) is 5.32 Å². The van der Waals surface area contributed by atoms with E-state index < -0.39 is 14.5 Å². The van der Waals surface area contributed by atoms with Gasteiger partial charge in [0.2, 0.25) is 5.91 Å². The molecule has 1 rings (SSSR count). The first-order valence-electron chi connectivity index (χ1n) is 6.51. The van der Waals surface area contributed by atoms with Crippen LogP contribution >= 0.6 is 10.7 Å². The SMILES string of the molecule is CCC(C)(C)C(=O)NCc1cc(S(=O)(=O)Cl)ccc1OC. The Hall–Kier alpha value is -1.27. The first kappa shape index (κ1) is 17.8. The van der Waals surface area contributed by atoms with E-state index in [0.29, 0.717) is 17.7 Å². The summed E-state index contributed by atoms with van der Waals surface area (Å²) in [6.07, 6.45) is 0.700. The van der Waals surface area contributed by atoms with Gasteiger partial charge in [-0.3, -0.25) is 4.79 Å². The van der Waals surface area contributed by atoms with Crippen molar-refractivity contribution in [2.24, 2.45) is 5.41 Å². The van der Waals surface area contributed by atoms with Gasteiger partial charge in [0.1, 0.15) is 5.75 Å². The molecule has 1 aromatic carbocycles. The molecule has 5 nitrogen and oxygen atoms in total. The maximum absolute atomic E-state index is 12.1. The first-order chi connectivity index (χ1) is 9.61. The van der Waals surface area contributed by atoms with Gasteiger partial charge in [0.25, 0.3) is 9.05 Å². The Balaban J connectivity index is 2.99. The maximum atomic E-state index is 12.1. The third-order valence-electron chi connectivity index (χ3n) is 3.47. The Morgan fingerprint density at radius 2 is 2.00 bits per heavy atom. The van der Waals surface area contributed by atoms with Crippen LogP contribution in [0.4, 0.5) is 0 Å². The minimum absolute atomic E-state index is 0.0241. The molecule has 1 amide bonds. The Labute approximate surface area is 130 Å². The average Bonchev–Trinajstić information content (AvgIpc) is 2.43. The van der Waals surface area contributed by atoms with Crippen molar-refractivity contribution in [3.8, 4) is 5.75 Å². The van der Waals surface area contributed by atoms with Gasteiger partial charge in [-0.1, -0.05) is 20.8 Å². The molecule has 0 fully saturated rings. The number of carbonyl (C=O) groups is 1. The summed E-state index contributed by atoms with van der Waals surface area (Å²) in [7, 11) is 2.99. The van der Waals surface area contributed by atoms with Crippen molar-refractivity contribution in [2.75, 3.05) is 7.11 Å². The topological polar surface area (TPSA) is 72.5 Å². The molecule has 0 unspecified atom stereocenters. The number of amides is 1. The fraction of sp³-hybridized carbons (Fsp3) is 0.500. The van der Waals surface area contributed by atoms with Crippen LogP contribution in [-0.2, 0) is 20.4 Å². The second-order valence-corrected chi connectivity index (χ2v) is 7.90. The predicted molar refractivity (Wildman–Crippen MR) is 82.0 cm³/mol. The molecule has 1 aromatic rings. The zero-order valence-corrected chi connectivity index (χ0v) is 14.1. The average molecular weight is 334 g/mol. The number of methoxy groups -OCH3 is 1. The van der Waals surface area contributed by atoms with Crippen LogP contribution in [0.5, 0.6) is 5.75 Å². The Morgan fingerprint density at radius 3 is 2.48 bits per heavy atom. The van der Waals surface area contributed by atoms with Crippen LogP contribution in [0.15, 0.2) is 23.1 Å². The number of rotatable bonds is 6. The summed E-state index contributed by atoms with van der Waals surface area (Å²) >= 11 is 0. The van der Waals surface area contributed by atoms with Crippen LogP contribution in [0.1, 0.15) is 32.8 Å². The summed E-state index contributed by atoms with van der Waals surface area (Å²) in [5.41, 5.74) is 0.0723. The molecule has 0 radical (unpaired) electrons. The molecule has 0 aliphatic carbocycles. The predicted octanol–water partition coefficient (Wildman–Crippen LogP) is 2.68. The maximum Gasteiger partial charge on any atom is 0.261 e. The van der Waals surface area contributed by atoms with Crippen LogP contribution in [-0.4, -0.2) is 21.4 Å². The first-order valence-corrected chi connectivity index (χ1v) is 8.82. The Bertz CT molecular complexity index is 626. The van der Waals surface area contributed by atoms with E-state index in [1.54, 1.807) is 0 Å². The van der Waals surface area contributed by atoms with Crippen molar-refractivity contribution in [3.63, 3.8) is 0 Å². The van der Waals surface area contributed by atoms with Crippen molar-refractivity contribution >= 4 is 25.6 Å². The van der Waals surface area contributed by atoms with E-state index in [4.69, 9.17) is 15.4 Å². The van der Waals surface area contributed by atoms with Gasteiger partial charge in [0.05, 0.1) is 12.0 Å². The Morgan fingerprint density at radius 1 is 1.38 bits per heavy atom. The van der Waals surface area contributed by atoms with Gasteiger partial charge < -0.3 is 10.1 Å². The molecule has 21 heavy (non-hydrogen) atoms. The second-order valence-electron chi connectivity index (χ2n) is 5.33. The quantitative estimate of drug-likeness (QED) is 0.812. The standard InChI is InChI=1S/C14H20ClNO4S/c1-5-14(2,3)13(17)16-9-10-8-11(21(15,18)19)6-7-12(10)20-4/h6-8H,5,9H2,1-4H3,(H,16,17). The molecule has 0 aromatic heterocycles. The van der Waals surface area contributed by atoms with Gasteiger partial charge in [-0.2, -0.15) is 0 Å². The van der Waals surface area contributed by atoms with Gasteiger partial charge in [0, 0.05) is 28.2 Å². The number of halogens is 1. The van der Waals surface area contributed by atoms with Gasteiger partial charge in [-0.15, -0.1) is 0 Å². The molecule has 1 N–H and O–H groups in total. The zero-order valence-electron chi connectivity index (χ0n) is 12.6. The molecule has 118 valence electrons. The largest absolute Gasteiger partial charge is 0.496 e. The van der Waals surface area contributed by atoms with E-state index in [-0.39, 0.29) is 17.3 Å². The number of carbonyl (C=O) groups excluding carboxylic acids is 1. The number of hydrogen-bond acceptors (Lipinski definition) is 4. The summed E-state index contributed by atoms with van der Waals surface area (Å²) in [4.78, 5) is 12.0. The molecule has 0 saturated heterocycles. The highest BCUT2D eigenvalue weighted by molar-refractivity contribution is 8.13. The normalized spacial score (nSPS) is 12.0. The summed E-state index contributed by atoms with van der Waals surface area (Å²) < 4.78 is 27.9. The van der Waals surface area contributed by atoms with E-state index in [9.17, 15) is 13.2 Å². The number of benzene rings is 1. The summed E-state index contributed by atoms with van der Waals surface area (Å²) in [5.74, 6) is 0.389. The molecule has 0 aliphatic heterocycles. The third kappa shape index (κ3) is 4.61. The lowest BCUT2D eigenvalue weighted by molar-refractivity contribution is -0.129. The molecular formula is C14H20ClNO4S. The van der Waals surface area contributed by atoms with E-state index >= 15 is 0 Å². The lowest BCUT2D eigenvalue weighted by Gasteiger charge is -2.22. The second kappa shape index (κ2) is 6.66. The Kier molecular flexibility index (Phi) is 5.64. The smallest absolute Gasteiger partial charge is 0.261 e.